The number of fused-ring (bicyclic) bond motifs is 1. The van der Waals surface area contributed by atoms with Crippen LogP contribution in [0.2, 0.25) is 5.02 Å². The third-order valence-electron chi connectivity index (χ3n) is 4.00. The molecule has 25 heavy (non-hydrogen) atoms. The Labute approximate surface area is 150 Å². The van der Waals surface area contributed by atoms with E-state index in [1.54, 1.807) is 24.3 Å². The molecule has 3 aromatic rings. The lowest BCUT2D eigenvalue weighted by Gasteiger charge is -2.07. The summed E-state index contributed by atoms with van der Waals surface area (Å²) in [5.41, 5.74) is 2.45. The van der Waals surface area contributed by atoms with Gasteiger partial charge in [0.25, 0.3) is 5.91 Å². The monoisotopic (exact) mass is 354 g/mol. The SMILES string of the molecule is CCCCc1ccc(NC(=O)c2cc3cc(Cl)ccc3oc2=N)cc1. The topological polar surface area (TPSA) is 66.1 Å². The number of carbonyl (C=O) groups is 1. The fourth-order valence-corrected chi connectivity index (χ4v) is 2.79. The van der Waals surface area contributed by atoms with Gasteiger partial charge in [-0.05, 0) is 54.8 Å². The molecule has 4 nitrogen and oxygen atoms in total. The van der Waals surface area contributed by atoms with E-state index in [9.17, 15) is 4.79 Å². The number of hydrogen-bond acceptors (Lipinski definition) is 3. The van der Waals surface area contributed by atoms with Crippen LogP contribution < -0.4 is 10.9 Å². The Morgan fingerprint density at radius 2 is 1.92 bits per heavy atom. The van der Waals surface area contributed by atoms with Crippen LogP contribution in [0.15, 0.2) is 52.9 Å². The van der Waals surface area contributed by atoms with Crippen LogP contribution in [0.1, 0.15) is 35.7 Å². The summed E-state index contributed by atoms with van der Waals surface area (Å²) in [6.07, 6.45) is 3.33. The van der Waals surface area contributed by atoms with E-state index in [2.05, 4.69) is 12.2 Å². The molecule has 2 aromatic carbocycles. The number of halogens is 1. The zero-order valence-corrected chi connectivity index (χ0v) is 14.7. The van der Waals surface area contributed by atoms with Crippen molar-refractivity contribution >= 4 is 34.2 Å². The molecule has 0 bridgehead atoms. The molecule has 2 N–H and O–H groups in total. The third kappa shape index (κ3) is 4.09. The molecule has 1 aromatic heterocycles. The van der Waals surface area contributed by atoms with Crippen LogP contribution in [-0.4, -0.2) is 5.91 Å². The quantitative estimate of drug-likeness (QED) is 0.664. The Balaban J connectivity index is 1.82. The molecular formula is C20H19ClN2O2. The largest absolute Gasteiger partial charge is 0.438 e. The van der Waals surface area contributed by atoms with Crippen LogP contribution >= 0.6 is 11.6 Å². The Bertz CT molecular complexity index is 962. The van der Waals surface area contributed by atoms with E-state index in [1.807, 2.05) is 24.3 Å². The minimum atomic E-state index is -0.378. The second kappa shape index (κ2) is 7.53. The van der Waals surface area contributed by atoms with Crippen molar-refractivity contribution < 1.29 is 9.21 Å². The van der Waals surface area contributed by atoms with Crippen molar-refractivity contribution in [3.05, 3.63) is 70.2 Å². The van der Waals surface area contributed by atoms with Gasteiger partial charge < -0.3 is 9.73 Å². The predicted octanol–water partition coefficient (Wildman–Crippen LogP) is 5.16. The Kier molecular flexibility index (Phi) is 5.19. The van der Waals surface area contributed by atoms with E-state index in [4.69, 9.17) is 21.4 Å². The summed E-state index contributed by atoms with van der Waals surface area (Å²) in [4.78, 5) is 12.5. The van der Waals surface area contributed by atoms with Crippen molar-refractivity contribution in [2.75, 3.05) is 5.32 Å². The minimum absolute atomic E-state index is 0.171. The lowest BCUT2D eigenvalue weighted by Crippen LogP contribution is -2.20. The number of aryl methyl sites for hydroxylation is 1. The first-order chi connectivity index (χ1) is 12.1. The molecule has 0 aliphatic carbocycles. The summed E-state index contributed by atoms with van der Waals surface area (Å²) >= 11 is 5.98. The van der Waals surface area contributed by atoms with Gasteiger partial charge in [-0.1, -0.05) is 37.1 Å². The number of unbranched alkanes of at least 4 members (excludes halogenated alkanes) is 1. The molecule has 1 heterocycles. The number of hydrogen-bond donors (Lipinski definition) is 2. The third-order valence-corrected chi connectivity index (χ3v) is 4.24. The maximum atomic E-state index is 12.5. The Hall–Kier alpha value is -2.59. The zero-order chi connectivity index (χ0) is 17.8. The van der Waals surface area contributed by atoms with Crippen molar-refractivity contribution in [2.45, 2.75) is 26.2 Å². The van der Waals surface area contributed by atoms with E-state index in [1.165, 1.54) is 5.56 Å². The van der Waals surface area contributed by atoms with Gasteiger partial charge in [0.2, 0.25) is 5.55 Å². The molecular weight excluding hydrogens is 336 g/mol. The minimum Gasteiger partial charge on any atom is -0.438 e. The summed E-state index contributed by atoms with van der Waals surface area (Å²) in [6.45, 7) is 2.16. The first-order valence-electron chi connectivity index (χ1n) is 8.25. The number of amides is 1. The molecule has 0 saturated heterocycles. The summed E-state index contributed by atoms with van der Waals surface area (Å²) in [6, 6.07) is 14.5. The predicted molar refractivity (Wildman–Crippen MR) is 100 cm³/mol. The molecule has 0 radical (unpaired) electrons. The van der Waals surface area contributed by atoms with Crippen molar-refractivity contribution in [3.63, 3.8) is 0 Å². The van der Waals surface area contributed by atoms with Gasteiger partial charge in [-0.25, -0.2) is 0 Å². The highest BCUT2D eigenvalue weighted by atomic mass is 35.5. The lowest BCUT2D eigenvalue weighted by molar-refractivity contribution is 0.102. The van der Waals surface area contributed by atoms with E-state index in [0.717, 1.165) is 19.3 Å². The molecule has 128 valence electrons. The van der Waals surface area contributed by atoms with Crippen LogP contribution in [0.25, 0.3) is 11.0 Å². The van der Waals surface area contributed by atoms with E-state index >= 15 is 0 Å². The van der Waals surface area contributed by atoms with Gasteiger partial charge in [-0.3, -0.25) is 10.2 Å². The van der Waals surface area contributed by atoms with E-state index < -0.39 is 0 Å². The number of rotatable bonds is 5. The molecule has 0 spiro atoms. The normalized spacial score (nSPS) is 10.8. The summed E-state index contributed by atoms with van der Waals surface area (Å²) in [5.74, 6) is -0.378. The molecule has 0 aliphatic heterocycles. The highest BCUT2D eigenvalue weighted by Crippen LogP contribution is 2.19. The maximum Gasteiger partial charge on any atom is 0.261 e. The van der Waals surface area contributed by atoms with Gasteiger partial charge in [-0.2, -0.15) is 0 Å². The fourth-order valence-electron chi connectivity index (χ4n) is 2.61. The second-order valence-corrected chi connectivity index (χ2v) is 6.36. The average Bonchev–Trinajstić information content (AvgIpc) is 2.61. The van der Waals surface area contributed by atoms with Gasteiger partial charge in [0.1, 0.15) is 11.1 Å². The summed E-state index contributed by atoms with van der Waals surface area (Å²) in [7, 11) is 0. The van der Waals surface area contributed by atoms with Crippen molar-refractivity contribution in [3.8, 4) is 0 Å². The number of benzene rings is 2. The molecule has 0 saturated carbocycles. The van der Waals surface area contributed by atoms with Crippen LogP contribution in [0.4, 0.5) is 5.69 Å². The van der Waals surface area contributed by atoms with Gasteiger partial charge in [-0.15, -0.1) is 0 Å². The van der Waals surface area contributed by atoms with Crippen molar-refractivity contribution in [1.82, 2.24) is 0 Å². The summed E-state index contributed by atoms with van der Waals surface area (Å²) < 4.78 is 5.42. The van der Waals surface area contributed by atoms with E-state index in [-0.39, 0.29) is 17.0 Å². The molecule has 1 amide bonds. The van der Waals surface area contributed by atoms with Crippen LogP contribution in [0.3, 0.4) is 0 Å². The van der Waals surface area contributed by atoms with Gasteiger partial charge in [0, 0.05) is 16.1 Å². The molecule has 5 heteroatoms. The van der Waals surface area contributed by atoms with E-state index in [0.29, 0.717) is 21.7 Å². The maximum absolute atomic E-state index is 12.5. The number of carbonyl (C=O) groups excluding carboxylic acids is 1. The number of nitrogens with one attached hydrogen (secondary N) is 2. The zero-order valence-electron chi connectivity index (χ0n) is 13.9. The Morgan fingerprint density at radius 3 is 2.64 bits per heavy atom. The summed E-state index contributed by atoms with van der Waals surface area (Å²) in [5, 5.41) is 12.0. The number of anilines is 1. The molecule has 0 fully saturated rings. The average molecular weight is 355 g/mol. The Morgan fingerprint density at radius 1 is 1.16 bits per heavy atom. The molecule has 0 unspecified atom stereocenters. The fraction of sp³-hybridized carbons (Fsp3) is 0.200. The molecule has 0 atom stereocenters. The standard InChI is InChI=1S/C20H19ClN2O2/c1-2-3-4-13-5-8-16(9-6-13)23-20(24)17-12-14-11-15(21)7-10-18(14)25-19(17)22/h5-12,22H,2-4H2,1H3,(H,23,24). The molecule has 3 rings (SSSR count). The first-order valence-corrected chi connectivity index (χ1v) is 8.63. The highest BCUT2D eigenvalue weighted by Gasteiger charge is 2.12. The van der Waals surface area contributed by atoms with Gasteiger partial charge in [0.15, 0.2) is 0 Å². The van der Waals surface area contributed by atoms with Crippen LogP contribution in [0.5, 0.6) is 0 Å². The first kappa shape index (κ1) is 17.2. The smallest absolute Gasteiger partial charge is 0.261 e. The van der Waals surface area contributed by atoms with Crippen molar-refractivity contribution in [1.29, 1.82) is 5.41 Å². The van der Waals surface area contributed by atoms with Crippen molar-refractivity contribution in [2.24, 2.45) is 0 Å². The van der Waals surface area contributed by atoms with Crippen LogP contribution in [-0.2, 0) is 6.42 Å². The highest BCUT2D eigenvalue weighted by molar-refractivity contribution is 6.31. The van der Waals surface area contributed by atoms with Gasteiger partial charge in [0.05, 0.1) is 0 Å². The second-order valence-electron chi connectivity index (χ2n) is 5.93. The lowest BCUT2D eigenvalue weighted by atomic mass is 10.1. The van der Waals surface area contributed by atoms with Gasteiger partial charge >= 0.3 is 0 Å². The molecule has 0 aliphatic rings. The van der Waals surface area contributed by atoms with Crippen LogP contribution in [0, 0.1) is 5.41 Å².